The van der Waals surface area contributed by atoms with Crippen molar-refractivity contribution in [1.82, 2.24) is 14.8 Å². The highest BCUT2D eigenvalue weighted by Crippen LogP contribution is 2.32. The van der Waals surface area contributed by atoms with Crippen molar-refractivity contribution in [2.75, 3.05) is 0 Å². The van der Waals surface area contributed by atoms with E-state index in [9.17, 15) is 0 Å². The minimum atomic E-state index is 1.11. The molecule has 17 heavy (non-hydrogen) atoms. The summed E-state index contributed by atoms with van der Waals surface area (Å²) < 4.78 is 1.83. The van der Waals surface area contributed by atoms with Crippen molar-refractivity contribution < 1.29 is 0 Å². The van der Waals surface area contributed by atoms with Crippen molar-refractivity contribution >= 4 is 0 Å². The Kier molecular flexibility index (Phi) is 2.28. The van der Waals surface area contributed by atoms with Crippen molar-refractivity contribution in [3.63, 3.8) is 0 Å². The van der Waals surface area contributed by atoms with Gasteiger partial charge >= 0.3 is 0 Å². The molecular formula is C14H17N3. The summed E-state index contributed by atoms with van der Waals surface area (Å²) >= 11 is 0. The lowest BCUT2D eigenvalue weighted by molar-refractivity contribution is 0.768. The number of fused-ring (bicyclic) bond motifs is 1. The molecule has 0 fully saturated rings. The Balaban J connectivity index is 2.22. The Hall–Kier alpha value is -1.64. The van der Waals surface area contributed by atoms with Gasteiger partial charge in [0.05, 0.1) is 11.9 Å². The summed E-state index contributed by atoms with van der Waals surface area (Å²) in [5, 5.41) is 4.23. The van der Waals surface area contributed by atoms with Crippen molar-refractivity contribution in [3.8, 4) is 11.3 Å². The van der Waals surface area contributed by atoms with Crippen LogP contribution in [0.2, 0.25) is 0 Å². The van der Waals surface area contributed by atoms with Crippen LogP contribution < -0.4 is 0 Å². The summed E-state index contributed by atoms with van der Waals surface area (Å²) in [5.74, 6) is 0. The van der Waals surface area contributed by atoms with Gasteiger partial charge in [-0.15, -0.1) is 0 Å². The predicted molar refractivity (Wildman–Crippen MR) is 67.9 cm³/mol. The SMILES string of the molecule is Cc1nc(-c2cnn(C)c2)c(C)c2c1CCC2. The molecule has 3 nitrogen and oxygen atoms in total. The molecule has 2 heterocycles. The van der Waals surface area contributed by atoms with Crippen LogP contribution in [-0.4, -0.2) is 14.8 Å². The second-order valence-electron chi connectivity index (χ2n) is 4.88. The van der Waals surface area contributed by atoms with E-state index < -0.39 is 0 Å². The highest BCUT2D eigenvalue weighted by Gasteiger charge is 2.20. The fourth-order valence-corrected chi connectivity index (χ4v) is 2.84. The van der Waals surface area contributed by atoms with Gasteiger partial charge in [-0.2, -0.15) is 5.10 Å². The highest BCUT2D eigenvalue weighted by atomic mass is 15.2. The molecule has 0 amide bonds. The molecule has 1 aliphatic rings. The van der Waals surface area contributed by atoms with Gasteiger partial charge in [0, 0.05) is 24.5 Å². The van der Waals surface area contributed by atoms with Gasteiger partial charge in [-0.3, -0.25) is 9.67 Å². The van der Waals surface area contributed by atoms with Crippen LogP contribution in [0.5, 0.6) is 0 Å². The summed E-state index contributed by atoms with van der Waals surface area (Å²) in [7, 11) is 1.94. The predicted octanol–water partition coefficient (Wildman–Crippen LogP) is 2.59. The number of hydrogen-bond acceptors (Lipinski definition) is 2. The minimum Gasteiger partial charge on any atom is -0.275 e. The first-order chi connectivity index (χ1) is 8.16. The molecule has 3 heteroatoms. The number of aryl methyl sites for hydroxylation is 2. The summed E-state index contributed by atoms with van der Waals surface area (Å²) in [6.07, 6.45) is 7.61. The summed E-state index contributed by atoms with van der Waals surface area (Å²) in [4.78, 5) is 4.77. The lowest BCUT2D eigenvalue weighted by atomic mass is 9.99. The van der Waals surface area contributed by atoms with Crippen molar-refractivity contribution in [2.24, 2.45) is 7.05 Å². The quantitative estimate of drug-likeness (QED) is 0.749. The van der Waals surface area contributed by atoms with Crippen LogP contribution >= 0.6 is 0 Å². The zero-order valence-electron chi connectivity index (χ0n) is 10.6. The number of nitrogens with zero attached hydrogens (tertiary/aromatic N) is 3. The number of rotatable bonds is 1. The molecule has 0 radical (unpaired) electrons. The fraction of sp³-hybridized carbons (Fsp3) is 0.429. The standard InChI is InChI=1S/C14H17N3/c1-9-12-5-4-6-13(12)10(2)16-14(9)11-7-15-17(3)8-11/h7-8H,4-6H2,1-3H3. The maximum Gasteiger partial charge on any atom is 0.0768 e. The lowest BCUT2D eigenvalue weighted by Gasteiger charge is -2.11. The van der Waals surface area contributed by atoms with Gasteiger partial charge in [-0.25, -0.2) is 0 Å². The molecule has 0 N–H and O–H groups in total. The first-order valence-electron chi connectivity index (χ1n) is 6.15. The van der Waals surface area contributed by atoms with Crippen LogP contribution in [0.15, 0.2) is 12.4 Å². The van der Waals surface area contributed by atoms with Crippen LogP contribution in [0, 0.1) is 13.8 Å². The van der Waals surface area contributed by atoms with E-state index in [0.717, 1.165) is 11.3 Å². The maximum atomic E-state index is 4.77. The van der Waals surface area contributed by atoms with E-state index in [1.54, 1.807) is 0 Å². The Morgan fingerprint density at radius 1 is 1.18 bits per heavy atom. The molecular weight excluding hydrogens is 210 g/mol. The van der Waals surface area contributed by atoms with Gasteiger partial charge in [-0.05, 0) is 49.8 Å². The molecule has 0 saturated heterocycles. The zero-order valence-corrected chi connectivity index (χ0v) is 10.6. The summed E-state index contributed by atoms with van der Waals surface area (Å²) in [6.45, 7) is 4.32. The summed E-state index contributed by atoms with van der Waals surface area (Å²) in [6, 6.07) is 0. The van der Waals surface area contributed by atoms with E-state index in [0.29, 0.717) is 0 Å². The minimum absolute atomic E-state index is 1.11. The zero-order chi connectivity index (χ0) is 12.0. The number of hydrogen-bond donors (Lipinski definition) is 0. The van der Waals surface area contributed by atoms with E-state index in [1.807, 2.05) is 24.1 Å². The third-order valence-corrected chi connectivity index (χ3v) is 3.72. The third-order valence-electron chi connectivity index (χ3n) is 3.72. The van der Waals surface area contributed by atoms with Gasteiger partial charge in [0.15, 0.2) is 0 Å². The number of aromatic nitrogens is 3. The Bertz CT molecular complexity index is 581. The number of pyridine rings is 1. The molecule has 3 rings (SSSR count). The van der Waals surface area contributed by atoms with Crippen molar-refractivity contribution in [2.45, 2.75) is 33.1 Å². The molecule has 2 aromatic heterocycles. The monoisotopic (exact) mass is 227 g/mol. The third kappa shape index (κ3) is 1.57. The van der Waals surface area contributed by atoms with Crippen LogP contribution in [0.25, 0.3) is 11.3 Å². The highest BCUT2D eigenvalue weighted by molar-refractivity contribution is 5.65. The van der Waals surface area contributed by atoms with Gasteiger partial charge in [-0.1, -0.05) is 0 Å². The smallest absolute Gasteiger partial charge is 0.0768 e. The van der Waals surface area contributed by atoms with Gasteiger partial charge in [0.1, 0.15) is 0 Å². The van der Waals surface area contributed by atoms with E-state index in [-0.39, 0.29) is 0 Å². The molecule has 0 atom stereocenters. The average Bonchev–Trinajstić information content (AvgIpc) is 2.91. The largest absolute Gasteiger partial charge is 0.275 e. The van der Waals surface area contributed by atoms with E-state index in [1.165, 1.54) is 41.6 Å². The lowest BCUT2D eigenvalue weighted by Crippen LogP contribution is -1.99. The molecule has 0 bridgehead atoms. The first kappa shape index (κ1) is 10.5. The van der Waals surface area contributed by atoms with Crippen LogP contribution in [-0.2, 0) is 19.9 Å². The maximum absolute atomic E-state index is 4.77. The summed E-state index contributed by atoms with van der Waals surface area (Å²) in [5.41, 5.74) is 7.78. The molecule has 0 spiro atoms. The van der Waals surface area contributed by atoms with Crippen LogP contribution in [0.4, 0.5) is 0 Å². The molecule has 1 aliphatic carbocycles. The molecule has 88 valence electrons. The van der Waals surface area contributed by atoms with E-state index >= 15 is 0 Å². The van der Waals surface area contributed by atoms with E-state index in [4.69, 9.17) is 4.98 Å². The Morgan fingerprint density at radius 2 is 1.94 bits per heavy atom. The average molecular weight is 227 g/mol. The molecule has 0 unspecified atom stereocenters. The normalized spacial score (nSPS) is 14.1. The Morgan fingerprint density at radius 3 is 2.65 bits per heavy atom. The van der Waals surface area contributed by atoms with E-state index in [2.05, 4.69) is 18.9 Å². The Labute approximate surface area is 101 Å². The molecule has 2 aromatic rings. The van der Waals surface area contributed by atoms with Gasteiger partial charge in [0.25, 0.3) is 0 Å². The van der Waals surface area contributed by atoms with Gasteiger partial charge in [0.2, 0.25) is 0 Å². The first-order valence-corrected chi connectivity index (χ1v) is 6.15. The second kappa shape index (κ2) is 3.69. The topological polar surface area (TPSA) is 30.7 Å². The van der Waals surface area contributed by atoms with Crippen molar-refractivity contribution in [3.05, 3.63) is 34.8 Å². The molecule has 0 aliphatic heterocycles. The second-order valence-corrected chi connectivity index (χ2v) is 4.88. The van der Waals surface area contributed by atoms with Crippen LogP contribution in [0.1, 0.15) is 28.8 Å². The molecule has 0 aromatic carbocycles. The van der Waals surface area contributed by atoms with Crippen LogP contribution in [0.3, 0.4) is 0 Å². The fourth-order valence-electron chi connectivity index (χ4n) is 2.84. The van der Waals surface area contributed by atoms with Gasteiger partial charge < -0.3 is 0 Å². The van der Waals surface area contributed by atoms with Crippen molar-refractivity contribution in [1.29, 1.82) is 0 Å². The molecule has 0 saturated carbocycles.